The SMILES string of the molecule is NCC1(C(O)c2ccco2)CCCc2ccccc21. The fourth-order valence-electron chi connectivity index (χ4n) is 3.28. The minimum absolute atomic E-state index is 0.423. The molecule has 1 aliphatic rings. The molecule has 2 atom stereocenters. The molecule has 0 fully saturated rings. The molecule has 1 aromatic heterocycles. The highest BCUT2D eigenvalue weighted by Crippen LogP contribution is 2.45. The van der Waals surface area contributed by atoms with Crippen LogP contribution in [0.15, 0.2) is 47.1 Å². The lowest BCUT2D eigenvalue weighted by Crippen LogP contribution is -2.43. The molecule has 1 aromatic carbocycles. The van der Waals surface area contributed by atoms with Crippen LogP contribution >= 0.6 is 0 Å². The summed E-state index contributed by atoms with van der Waals surface area (Å²) in [6.45, 7) is 0.423. The van der Waals surface area contributed by atoms with Crippen molar-refractivity contribution in [2.45, 2.75) is 30.8 Å². The Hall–Kier alpha value is -1.58. The second kappa shape index (κ2) is 4.83. The Labute approximate surface area is 113 Å². The molecule has 0 radical (unpaired) electrons. The van der Waals surface area contributed by atoms with Gasteiger partial charge in [-0.2, -0.15) is 0 Å². The zero-order chi connectivity index (χ0) is 13.3. The fraction of sp³-hybridized carbons (Fsp3) is 0.375. The van der Waals surface area contributed by atoms with E-state index in [1.54, 1.807) is 12.3 Å². The topological polar surface area (TPSA) is 59.4 Å². The quantitative estimate of drug-likeness (QED) is 0.888. The van der Waals surface area contributed by atoms with Gasteiger partial charge >= 0.3 is 0 Å². The molecule has 0 aliphatic heterocycles. The number of nitrogens with two attached hydrogens (primary N) is 1. The van der Waals surface area contributed by atoms with E-state index in [0.717, 1.165) is 19.3 Å². The lowest BCUT2D eigenvalue weighted by Gasteiger charge is -2.41. The Balaban J connectivity index is 2.10. The number of aryl methyl sites for hydroxylation is 1. The van der Waals surface area contributed by atoms with E-state index in [4.69, 9.17) is 10.2 Å². The molecule has 0 amide bonds. The number of fused-ring (bicyclic) bond motifs is 1. The van der Waals surface area contributed by atoms with Gasteiger partial charge in [-0.05, 0) is 42.5 Å². The summed E-state index contributed by atoms with van der Waals surface area (Å²) in [6, 6.07) is 11.9. The van der Waals surface area contributed by atoms with Gasteiger partial charge in [0.25, 0.3) is 0 Å². The zero-order valence-corrected chi connectivity index (χ0v) is 10.9. The minimum Gasteiger partial charge on any atom is -0.467 e. The van der Waals surface area contributed by atoms with Gasteiger partial charge < -0.3 is 15.3 Å². The Morgan fingerprint density at radius 1 is 1.26 bits per heavy atom. The number of benzene rings is 1. The summed E-state index contributed by atoms with van der Waals surface area (Å²) in [6.07, 6.45) is 3.91. The van der Waals surface area contributed by atoms with Crippen LogP contribution < -0.4 is 5.73 Å². The van der Waals surface area contributed by atoms with Crippen LogP contribution in [0.5, 0.6) is 0 Å². The van der Waals surface area contributed by atoms with E-state index in [1.807, 2.05) is 18.2 Å². The molecule has 100 valence electrons. The second-order valence-electron chi connectivity index (χ2n) is 5.29. The summed E-state index contributed by atoms with van der Waals surface area (Å²) in [5.74, 6) is 0.599. The molecular weight excluding hydrogens is 238 g/mol. The average molecular weight is 257 g/mol. The molecule has 3 heteroatoms. The van der Waals surface area contributed by atoms with Crippen LogP contribution in [-0.2, 0) is 11.8 Å². The number of furan rings is 1. The zero-order valence-electron chi connectivity index (χ0n) is 10.9. The summed E-state index contributed by atoms with van der Waals surface area (Å²) in [5, 5.41) is 10.8. The first-order valence-electron chi connectivity index (χ1n) is 6.78. The Morgan fingerprint density at radius 3 is 2.84 bits per heavy atom. The summed E-state index contributed by atoms with van der Waals surface area (Å²) in [7, 11) is 0. The van der Waals surface area contributed by atoms with E-state index >= 15 is 0 Å². The first-order chi connectivity index (χ1) is 9.28. The van der Waals surface area contributed by atoms with Crippen molar-refractivity contribution in [1.29, 1.82) is 0 Å². The highest BCUT2D eigenvalue weighted by molar-refractivity contribution is 5.39. The van der Waals surface area contributed by atoms with Gasteiger partial charge in [0, 0.05) is 12.0 Å². The van der Waals surface area contributed by atoms with Crippen molar-refractivity contribution in [1.82, 2.24) is 0 Å². The van der Waals surface area contributed by atoms with Gasteiger partial charge in [0.15, 0.2) is 0 Å². The third kappa shape index (κ3) is 1.90. The molecule has 2 unspecified atom stereocenters. The van der Waals surface area contributed by atoms with Crippen molar-refractivity contribution >= 4 is 0 Å². The Kier molecular flexibility index (Phi) is 3.17. The monoisotopic (exact) mass is 257 g/mol. The summed E-state index contributed by atoms with van der Waals surface area (Å²) < 4.78 is 5.38. The predicted octanol–water partition coefficient (Wildman–Crippen LogP) is 2.55. The van der Waals surface area contributed by atoms with Gasteiger partial charge in [-0.15, -0.1) is 0 Å². The van der Waals surface area contributed by atoms with Crippen molar-refractivity contribution in [3.63, 3.8) is 0 Å². The van der Waals surface area contributed by atoms with E-state index in [1.165, 1.54) is 11.1 Å². The van der Waals surface area contributed by atoms with Crippen LogP contribution in [-0.4, -0.2) is 11.7 Å². The van der Waals surface area contributed by atoms with Crippen molar-refractivity contribution < 1.29 is 9.52 Å². The van der Waals surface area contributed by atoms with E-state index in [2.05, 4.69) is 12.1 Å². The smallest absolute Gasteiger partial charge is 0.133 e. The van der Waals surface area contributed by atoms with E-state index in [9.17, 15) is 5.11 Å². The maximum absolute atomic E-state index is 10.8. The van der Waals surface area contributed by atoms with E-state index in [0.29, 0.717) is 12.3 Å². The lowest BCUT2D eigenvalue weighted by molar-refractivity contribution is 0.0528. The van der Waals surface area contributed by atoms with Crippen LogP contribution in [0.1, 0.15) is 35.8 Å². The summed E-state index contributed by atoms with van der Waals surface area (Å²) in [5.41, 5.74) is 8.10. The first kappa shape index (κ1) is 12.5. The van der Waals surface area contributed by atoms with Gasteiger partial charge in [0.1, 0.15) is 11.9 Å². The molecular formula is C16H19NO2. The van der Waals surface area contributed by atoms with Gasteiger partial charge in [-0.3, -0.25) is 0 Å². The van der Waals surface area contributed by atoms with Crippen LogP contribution in [0.2, 0.25) is 0 Å². The molecule has 1 heterocycles. The van der Waals surface area contributed by atoms with Gasteiger partial charge in [-0.25, -0.2) is 0 Å². The molecule has 2 aromatic rings. The molecule has 1 aliphatic carbocycles. The Bertz CT molecular complexity index is 550. The van der Waals surface area contributed by atoms with Crippen molar-refractivity contribution in [2.75, 3.05) is 6.54 Å². The first-order valence-corrected chi connectivity index (χ1v) is 6.78. The highest BCUT2D eigenvalue weighted by Gasteiger charge is 2.43. The molecule has 19 heavy (non-hydrogen) atoms. The van der Waals surface area contributed by atoms with Crippen molar-refractivity contribution in [3.8, 4) is 0 Å². The average Bonchev–Trinajstić information content (AvgIpc) is 3.00. The van der Waals surface area contributed by atoms with Crippen LogP contribution in [0, 0.1) is 0 Å². The summed E-state index contributed by atoms with van der Waals surface area (Å²) >= 11 is 0. The molecule has 0 saturated heterocycles. The lowest BCUT2D eigenvalue weighted by atomic mass is 9.66. The van der Waals surface area contributed by atoms with Crippen LogP contribution in [0.4, 0.5) is 0 Å². The summed E-state index contributed by atoms with van der Waals surface area (Å²) in [4.78, 5) is 0. The molecule has 3 rings (SSSR count). The number of hydrogen-bond acceptors (Lipinski definition) is 3. The largest absolute Gasteiger partial charge is 0.467 e. The Morgan fingerprint density at radius 2 is 2.11 bits per heavy atom. The fourth-order valence-corrected chi connectivity index (χ4v) is 3.28. The maximum atomic E-state index is 10.8. The molecule has 3 nitrogen and oxygen atoms in total. The normalized spacial score (nSPS) is 23.9. The number of aliphatic hydroxyl groups is 1. The van der Waals surface area contributed by atoms with Gasteiger partial charge in [0.2, 0.25) is 0 Å². The number of rotatable bonds is 3. The van der Waals surface area contributed by atoms with Crippen molar-refractivity contribution in [3.05, 3.63) is 59.5 Å². The predicted molar refractivity (Wildman–Crippen MR) is 73.8 cm³/mol. The minimum atomic E-state index is -0.686. The molecule has 0 spiro atoms. The number of hydrogen-bond donors (Lipinski definition) is 2. The van der Waals surface area contributed by atoms with Gasteiger partial charge in [0.05, 0.1) is 6.26 Å². The maximum Gasteiger partial charge on any atom is 0.133 e. The molecule has 3 N–H and O–H groups in total. The van der Waals surface area contributed by atoms with E-state index in [-0.39, 0.29) is 0 Å². The molecule has 0 bridgehead atoms. The standard InChI is InChI=1S/C16H19NO2/c17-11-16(15(18)14-8-4-10-19-14)9-3-6-12-5-1-2-7-13(12)16/h1-2,4-5,7-8,10,15,18H,3,6,9,11,17H2. The van der Waals surface area contributed by atoms with Crippen molar-refractivity contribution in [2.24, 2.45) is 5.73 Å². The van der Waals surface area contributed by atoms with E-state index < -0.39 is 11.5 Å². The molecule has 0 saturated carbocycles. The number of aliphatic hydroxyl groups excluding tert-OH is 1. The van der Waals surface area contributed by atoms with Crippen LogP contribution in [0.25, 0.3) is 0 Å². The van der Waals surface area contributed by atoms with Crippen LogP contribution in [0.3, 0.4) is 0 Å². The third-order valence-corrected chi connectivity index (χ3v) is 4.32. The third-order valence-electron chi connectivity index (χ3n) is 4.32. The highest BCUT2D eigenvalue weighted by atomic mass is 16.4. The second-order valence-corrected chi connectivity index (χ2v) is 5.29. The van der Waals surface area contributed by atoms with Gasteiger partial charge in [-0.1, -0.05) is 24.3 Å².